The van der Waals surface area contributed by atoms with E-state index in [0.717, 1.165) is 32.5 Å². The van der Waals surface area contributed by atoms with Crippen molar-refractivity contribution in [1.82, 2.24) is 19.5 Å². The number of benzene rings is 2. The molecule has 2 aromatic carbocycles. The van der Waals surface area contributed by atoms with Gasteiger partial charge in [0, 0.05) is 26.2 Å². The first-order valence-electron chi connectivity index (χ1n) is 9.12. The molecule has 0 amide bonds. The van der Waals surface area contributed by atoms with Crippen molar-refractivity contribution in [3.63, 3.8) is 0 Å². The van der Waals surface area contributed by atoms with Crippen LogP contribution < -0.4 is 0 Å². The molecule has 3 aromatic rings. The molecule has 0 aliphatic carbocycles. The standard InChI is InChI=1S/C19H22N4O3S/c24-27(25,18-9-4-8-17-19(18)21-26-20-17)23-12-5-11-22(14-15-23)13-10-16-6-2-1-3-7-16/h1-4,6-9H,5,10-15H2. The van der Waals surface area contributed by atoms with Crippen LogP contribution in [-0.2, 0) is 16.4 Å². The predicted molar refractivity (Wildman–Crippen MR) is 102 cm³/mol. The molecule has 1 fully saturated rings. The maximum atomic E-state index is 13.1. The van der Waals surface area contributed by atoms with Crippen LogP contribution in [0.25, 0.3) is 11.0 Å². The van der Waals surface area contributed by atoms with Crippen LogP contribution in [0, 0.1) is 0 Å². The van der Waals surface area contributed by atoms with Gasteiger partial charge in [-0.05, 0) is 47.4 Å². The predicted octanol–water partition coefficient (Wildman–Crippen LogP) is 2.16. The van der Waals surface area contributed by atoms with Crippen molar-refractivity contribution in [3.8, 4) is 0 Å². The van der Waals surface area contributed by atoms with Crippen LogP contribution in [0.3, 0.4) is 0 Å². The quantitative estimate of drug-likeness (QED) is 0.669. The molecular weight excluding hydrogens is 364 g/mol. The molecule has 142 valence electrons. The first kappa shape index (κ1) is 18.1. The van der Waals surface area contributed by atoms with Gasteiger partial charge in [0.2, 0.25) is 10.0 Å². The van der Waals surface area contributed by atoms with Gasteiger partial charge in [0.05, 0.1) is 0 Å². The van der Waals surface area contributed by atoms with Gasteiger partial charge in [-0.2, -0.15) is 4.31 Å². The van der Waals surface area contributed by atoms with Gasteiger partial charge in [-0.3, -0.25) is 0 Å². The van der Waals surface area contributed by atoms with Gasteiger partial charge in [0.25, 0.3) is 0 Å². The Kier molecular flexibility index (Phi) is 5.20. The Hall–Kier alpha value is -2.29. The summed E-state index contributed by atoms with van der Waals surface area (Å²) in [5.41, 5.74) is 2.05. The average Bonchev–Trinajstić information content (AvgIpc) is 3.04. The first-order chi connectivity index (χ1) is 13.1. The third kappa shape index (κ3) is 3.87. The summed E-state index contributed by atoms with van der Waals surface area (Å²) < 4.78 is 32.5. The lowest BCUT2D eigenvalue weighted by atomic mass is 10.1. The van der Waals surface area contributed by atoms with Crippen LogP contribution >= 0.6 is 0 Å². The fourth-order valence-corrected chi connectivity index (χ4v) is 5.08. The fourth-order valence-electron chi connectivity index (χ4n) is 3.47. The summed E-state index contributed by atoms with van der Waals surface area (Å²) in [5, 5.41) is 7.52. The van der Waals surface area contributed by atoms with E-state index in [-0.39, 0.29) is 4.90 Å². The highest BCUT2D eigenvalue weighted by Gasteiger charge is 2.29. The summed E-state index contributed by atoms with van der Waals surface area (Å²) in [6.45, 7) is 3.53. The van der Waals surface area contributed by atoms with E-state index in [0.29, 0.717) is 24.1 Å². The van der Waals surface area contributed by atoms with Crippen molar-refractivity contribution < 1.29 is 13.0 Å². The third-order valence-corrected chi connectivity index (χ3v) is 6.90. The molecule has 1 aliphatic rings. The van der Waals surface area contributed by atoms with E-state index in [1.54, 1.807) is 22.5 Å². The molecule has 0 radical (unpaired) electrons. The van der Waals surface area contributed by atoms with Crippen molar-refractivity contribution in [2.45, 2.75) is 17.7 Å². The van der Waals surface area contributed by atoms with Gasteiger partial charge in [-0.1, -0.05) is 36.4 Å². The highest BCUT2D eigenvalue weighted by atomic mass is 32.2. The number of hydrogen-bond acceptors (Lipinski definition) is 6. The molecule has 27 heavy (non-hydrogen) atoms. The molecule has 1 aliphatic heterocycles. The minimum Gasteiger partial charge on any atom is -0.302 e. The van der Waals surface area contributed by atoms with E-state index in [1.165, 1.54) is 5.56 Å². The molecule has 4 rings (SSSR count). The molecule has 2 heterocycles. The number of rotatable bonds is 5. The molecular formula is C19H22N4O3S. The minimum atomic E-state index is -3.63. The molecule has 0 atom stereocenters. The van der Waals surface area contributed by atoms with Crippen molar-refractivity contribution in [1.29, 1.82) is 0 Å². The topological polar surface area (TPSA) is 79.5 Å². The minimum absolute atomic E-state index is 0.166. The summed E-state index contributed by atoms with van der Waals surface area (Å²) in [7, 11) is -3.63. The van der Waals surface area contributed by atoms with E-state index < -0.39 is 10.0 Å². The van der Waals surface area contributed by atoms with Crippen LogP contribution in [0.2, 0.25) is 0 Å². The van der Waals surface area contributed by atoms with Crippen molar-refractivity contribution in [3.05, 3.63) is 54.1 Å². The number of aromatic nitrogens is 2. The number of hydrogen-bond donors (Lipinski definition) is 0. The lowest BCUT2D eigenvalue weighted by Crippen LogP contribution is -2.35. The summed E-state index contributed by atoms with van der Waals surface area (Å²) in [5.74, 6) is 0. The summed E-state index contributed by atoms with van der Waals surface area (Å²) in [4.78, 5) is 2.50. The fraction of sp³-hybridized carbons (Fsp3) is 0.368. The average molecular weight is 386 g/mol. The van der Waals surface area contributed by atoms with Gasteiger partial charge >= 0.3 is 0 Å². The SMILES string of the molecule is O=S(=O)(c1cccc2nonc12)N1CCCN(CCc2ccccc2)CC1. The summed E-state index contributed by atoms with van der Waals surface area (Å²) in [6.07, 6.45) is 1.78. The molecule has 0 unspecified atom stereocenters. The molecule has 0 spiro atoms. The molecule has 0 N–H and O–H groups in total. The largest absolute Gasteiger partial charge is 0.302 e. The van der Waals surface area contributed by atoms with E-state index in [4.69, 9.17) is 4.63 Å². The molecule has 0 saturated carbocycles. The van der Waals surface area contributed by atoms with E-state index >= 15 is 0 Å². The van der Waals surface area contributed by atoms with Crippen molar-refractivity contribution in [2.24, 2.45) is 0 Å². The lowest BCUT2D eigenvalue weighted by molar-refractivity contribution is 0.290. The van der Waals surface area contributed by atoms with Gasteiger partial charge in [0.1, 0.15) is 10.4 Å². The van der Waals surface area contributed by atoms with Gasteiger partial charge in [0.15, 0.2) is 5.52 Å². The van der Waals surface area contributed by atoms with Crippen LogP contribution in [0.4, 0.5) is 0 Å². The summed E-state index contributed by atoms with van der Waals surface area (Å²) >= 11 is 0. The summed E-state index contributed by atoms with van der Waals surface area (Å²) in [6, 6.07) is 15.3. The van der Waals surface area contributed by atoms with Crippen molar-refractivity contribution in [2.75, 3.05) is 32.7 Å². The number of nitrogens with zero attached hydrogens (tertiary/aromatic N) is 4. The van der Waals surface area contributed by atoms with Gasteiger partial charge < -0.3 is 4.90 Å². The van der Waals surface area contributed by atoms with Crippen LogP contribution in [0.5, 0.6) is 0 Å². The smallest absolute Gasteiger partial charge is 0.245 e. The zero-order valence-electron chi connectivity index (χ0n) is 15.0. The Morgan fingerprint density at radius 3 is 2.63 bits per heavy atom. The first-order valence-corrected chi connectivity index (χ1v) is 10.6. The number of fused-ring (bicyclic) bond motifs is 1. The van der Waals surface area contributed by atoms with Crippen LogP contribution in [0.15, 0.2) is 58.1 Å². The zero-order valence-corrected chi connectivity index (χ0v) is 15.8. The Balaban J connectivity index is 1.45. The lowest BCUT2D eigenvalue weighted by Gasteiger charge is -2.21. The second kappa shape index (κ2) is 7.75. The maximum Gasteiger partial charge on any atom is 0.245 e. The van der Waals surface area contributed by atoms with Crippen LogP contribution in [-0.4, -0.2) is 60.7 Å². The molecule has 0 bridgehead atoms. The van der Waals surface area contributed by atoms with Crippen molar-refractivity contribution >= 4 is 21.1 Å². The van der Waals surface area contributed by atoms with Gasteiger partial charge in [-0.25, -0.2) is 13.0 Å². The highest BCUT2D eigenvalue weighted by Crippen LogP contribution is 2.24. The van der Waals surface area contributed by atoms with E-state index in [2.05, 4.69) is 27.3 Å². The van der Waals surface area contributed by atoms with Crippen LogP contribution in [0.1, 0.15) is 12.0 Å². The maximum absolute atomic E-state index is 13.1. The van der Waals surface area contributed by atoms with E-state index in [1.807, 2.05) is 18.2 Å². The second-order valence-electron chi connectivity index (χ2n) is 6.72. The Labute approximate surface area is 158 Å². The second-order valence-corrected chi connectivity index (χ2v) is 8.63. The zero-order chi connectivity index (χ0) is 18.7. The molecule has 7 nitrogen and oxygen atoms in total. The molecule has 1 saturated heterocycles. The normalized spacial score (nSPS) is 17.2. The highest BCUT2D eigenvalue weighted by molar-refractivity contribution is 7.89. The Morgan fingerprint density at radius 1 is 0.926 bits per heavy atom. The monoisotopic (exact) mass is 386 g/mol. The Morgan fingerprint density at radius 2 is 1.78 bits per heavy atom. The molecule has 8 heteroatoms. The van der Waals surface area contributed by atoms with Gasteiger partial charge in [-0.15, -0.1) is 0 Å². The number of sulfonamides is 1. The Bertz CT molecular complexity index is 1000. The molecule has 1 aromatic heterocycles. The van der Waals surface area contributed by atoms with E-state index in [9.17, 15) is 8.42 Å². The third-order valence-electron chi connectivity index (χ3n) is 4.97.